The van der Waals surface area contributed by atoms with Gasteiger partial charge >= 0.3 is 5.97 Å². The van der Waals surface area contributed by atoms with Gasteiger partial charge in [-0.2, -0.15) is 0 Å². The molecule has 0 aliphatic rings. The normalized spacial score (nSPS) is 14.0. The molecule has 0 saturated carbocycles. The quantitative estimate of drug-likeness (QED) is 0.479. The molecule has 0 aromatic carbocycles. The maximum absolute atomic E-state index is 10.2. The van der Waals surface area contributed by atoms with E-state index in [1.807, 2.05) is 12.2 Å². The zero-order valence-corrected chi connectivity index (χ0v) is 10.4. The summed E-state index contributed by atoms with van der Waals surface area (Å²) in [4.78, 5) is 10.2. The van der Waals surface area contributed by atoms with Crippen molar-refractivity contribution in [2.45, 2.75) is 45.1 Å². The molecule has 3 heteroatoms. The van der Waals surface area contributed by atoms with Crippen molar-refractivity contribution in [1.29, 1.82) is 0 Å². The molecule has 96 valence electrons. The molecule has 3 nitrogen and oxygen atoms in total. The van der Waals surface area contributed by atoms with Crippen LogP contribution in [0.25, 0.3) is 0 Å². The second-order valence-electron chi connectivity index (χ2n) is 3.78. The summed E-state index contributed by atoms with van der Waals surface area (Å²) in [6.45, 7) is 2.09. The van der Waals surface area contributed by atoms with Gasteiger partial charge in [-0.05, 0) is 25.7 Å². The standard InChI is InChI=1S/C14H22O3/c1-2-3-4-5-6-7-8-10-13(15)11-9-12-14(16)17/h3-4,6-8,10,13,15H,2,5,9,11-12H2,1H3,(H,16,17). The molecule has 0 saturated heterocycles. The third-order valence-electron chi connectivity index (χ3n) is 2.15. The first-order valence-corrected chi connectivity index (χ1v) is 6.05. The molecule has 0 aromatic rings. The van der Waals surface area contributed by atoms with E-state index in [1.54, 1.807) is 12.2 Å². The molecule has 0 aliphatic carbocycles. The minimum atomic E-state index is -0.816. The zero-order chi connectivity index (χ0) is 12.9. The number of carboxylic acids is 1. The van der Waals surface area contributed by atoms with Gasteiger partial charge in [0, 0.05) is 6.42 Å². The smallest absolute Gasteiger partial charge is 0.303 e. The van der Waals surface area contributed by atoms with Crippen LogP contribution in [0, 0.1) is 0 Å². The molecule has 0 spiro atoms. The molecule has 1 unspecified atom stereocenters. The van der Waals surface area contributed by atoms with Gasteiger partial charge < -0.3 is 10.2 Å². The van der Waals surface area contributed by atoms with Gasteiger partial charge in [0.1, 0.15) is 0 Å². The summed E-state index contributed by atoms with van der Waals surface area (Å²) < 4.78 is 0. The van der Waals surface area contributed by atoms with E-state index in [4.69, 9.17) is 5.11 Å². The minimum absolute atomic E-state index is 0.114. The van der Waals surface area contributed by atoms with Gasteiger partial charge in [-0.15, -0.1) is 0 Å². The zero-order valence-electron chi connectivity index (χ0n) is 10.4. The Hall–Kier alpha value is -1.35. The number of aliphatic hydroxyl groups excluding tert-OH is 1. The number of hydrogen-bond donors (Lipinski definition) is 2. The lowest BCUT2D eigenvalue weighted by atomic mass is 10.1. The van der Waals surface area contributed by atoms with E-state index in [-0.39, 0.29) is 6.42 Å². The molecule has 0 amide bonds. The maximum atomic E-state index is 10.2. The van der Waals surface area contributed by atoms with Crippen LogP contribution < -0.4 is 0 Å². The third kappa shape index (κ3) is 12.6. The summed E-state index contributed by atoms with van der Waals surface area (Å²) in [5, 5.41) is 17.9. The van der Waals surface area contributed by atoms with Gasteiger partial charge in [-0.3, -0.25) is 4.79 Å². The molecule has 2 N–H and O–H groups in total. The van der Waals surface area contributed by atoms with Gasteiger partial charge in [-0.1, -0.05) is 43.4 Å². The first-order valence-electron chi connectivity index (χ1n) is 6.05. The van der Waals surface area contributed by atoms with Crippen molar-refractivity contribution in [1.82, 2.24) is 0 Å². The average Bonchev–Trinajstić information content (AvgIpc) is 2.27. The molecule has 1 atom stereocenters. The van der Waals surface area contributed by atoms with Crippen molar-refractivity contribution in [3.05, 3.63) is 36.5 Å². The van der Waals surface area contributed by atoms with Crippen LogP contribution in [0.4, 0.5) is 0 Å². The van der Waals surface area contributed by atoms with Crippen LogP contribution in [0.5, 0.6) is 0 Å². The number of aliphatic carboxylic acids is 1. The number of allylic oxidation sites excluding steroid dienone is 5. The van der Waals surface area contributed by atoms with Gasteiger partial charge in [0.15, 0.2) is 0 Å². The molecule has 0 bridgehead atoms. The highest BCUT2D eigenvalue weighted by Crippen LogP contribution is 2.02. The summed E-state index contributed by atoms with van der Waals surface area (Å²) >= 11 is 0. The first kappa shape index (κ1) is 15.7. The van der Waals surface area contributed by atoms with E-state index in [0.717, 1.165) is 12.8 Å². The summed E-state index contributed by atoms with van der Waals surface area (Å²) in [5.74, 6) is -0.816. The molecular weight excluding hydrogens is 216 g/mol. The van der Waals surface area contributed by atoms with Crippen LogP contribution in [-0.4, -0.2) is 22.3 Å². The van der Waals surface area contributed by atoms with E-state index in [0.29, 0.717) is 12.8 Å². The highest BCUT2D eigenvalue weighted by molar-refractivity contribution is 5.66. The molecule has 0 heterocycles. The Balaban J connectivity index is 3.61. The Bertz CT molecular complexity index is 277. The van der Waals surface area contributed by atoms with Crippen LogP contribution in [0.15, 0.2) is 36.5 Å². The summed E-state index contributed by atoms with van der Waals surface area (Å²) in [7, 11) is 0. The molecule has 0 fully saturated rings. The van der Waals surface area contributed by atoms with Crippen molar-refractivity contribution in [3.63, 3.8) is 0 Å². The molecule has 0 rings (SSSR count). The molecular formula is C14H22O3. The highest BCUT2D eigenvalue weighted by atomic mass is 16.4. The van der Waals surface area contributed by atoms with E-state index in [2.05, 4.69) is 19.1 Å². The third-order valence-corrected chi connectivity index (χ3v) is 2.15. The van der Waals surface area contributed by atoms with E-state index < -0.39 is 12.1 Å². The van der Waals surface area contributed by atoms with E-state index >= 15 is 0 Å². The van der Waals surface area contributed by atoms with Gasteiger partial charge in [0.2, 0.25) is 0 Å². The second kappa shape index (κ2) is 11.1. The van der Waals surface area contributed by atoms with Crippen LogP contribution in [0.1, 0.15) is 39.0 Å². The van der Waals surface area contributed by atoms with Crippen LogP contribution in [0.2, 0.25) is 0 Å². The Morgan fingerprint density at radius 2 is 2.00 bits per heavy atom. The second-order valence-corrected chi connectivity index (χ2v) is 3.78. The Labute approximate surface area is 103 Å². The molecule has 0 aromatic heterocycles. The Morgan fingerprint density at radius 1 is 1.24 bits per heavy atom. The average molecular weight is 238 g/mol. The highest BCUT2D eigenvalue weighted by Gasteiger charge is 2.01. The number of rotatable bonds is 9. The fourth-order valence-corrected chi connectivity index (χ4v) is 1.25. The van der Waals surface area contributed by atoms with Crippen molar-refractivity contribution in [2.24, 2.45) is 0 Å². The molecule has 0 aliphatic heterocycles. The number of aliphatic hydroxyl groups is 1. The SMILES string of the molecule is CCC=CCC=CC=CC(O)CCCC(=O)O. The lowest BCUT2D eigenvalue weighted by Gasteiger charge is -2.02. The van der Waals surface area contributed by atoms with Crippen LogP contribution >= 0.6 is 0 Å². The van der Waals surface area contributed by atoms with E-state index in [9.17, 15) is 9.90 Å². The first-order chi connectivity index (χ1) is 8.16. The minimum Gasteiger partial charge on any atom is -0.481 e. The van der Waals surface area contributed by atoms with Crippen LogP contribution in [0.3, 0.4) is 0 Å². The summed E-state index contributed by atoms with van der Waals surface area (Å²) in [6.07, 6.45) is 14.1. The van der Waals surface area contributed by atoms with Crippen LogP contribution in [-0.2, 0) is 4.79 Å². The van der Waals surface area contributed by atoms with Gasteiger partial charge in [0.25, 0.3) is 0 Å². The number of carbonyl (C=O) groups is 1. The predicted molar refractivity (Wildman–Crippen MR) is 69.8 cm³/mol. The van der Waals surface area contributed by atoms with Gasteiger partial charge in [-0.25, -0.2) is 0 Å². The Kier molecular flexibility index (Phi) is 10.3. The predicted octanol–water partition coefficient (Wildman–Crippen LogP) is 3.07. The number of carboxylic acid groups (broad SMARTS) is 1. The van der Waals surface area contributed by atoms with Crippen molar-refractivity contribution >= 4 is 5.97 Å². The Morgan fingerprint density at radius 3 is 2.65 bits per heavy atom. The van der Waals surface area contributed by atoms with E-state index in [1.165, 1.54) is 0 Å². The largest absolute Gasteiger partial charge is 0.481 e. The fraction of sp³-hybridized carbons (Fsp3) is 0.500. The van der Waals surface area contributed by atoms with Crippen molar-refractivity contribution < 1.29 is 15.0 Å². The maximum Gasteiger partial charge on any atom is 0.303 e. The monoisotopic (exact) mass is 238 g/mol. The molecule has 0 radical (unpaired) electrons. The summed E-state index contributed by atoms with van der Waals surface area (Å²) in [6, 6.07) is 0. The summed E-state index contributed by atoms with van der Waals surface area (Å²) in [5.41, 5.74) is 0. The molecule has 17 heavy (non-hydrogen) atoms. The van der Waals surface area contributed by atoms with Gasteiger partial charge in [0.05, 0.1) is 6.10 Å². The van der Waals surface area contributed by atoms with Crippen molar-refractivity contribution in [2.75, 3.05) is 0 Å². The topological polar surface area (TPSA) is 57.5 Å². The fourth-order valence-electron chi connectivity index (χ4n) is 1.25. The number of hydrogen-bond acceptors (Lipinski definition) is 2. The lowest BCUT2D eigenvalue weighted by molar-refractivity contribution is -0.137. The van der Waals surface area contributed by atoms with Crippen molar-refractivity contribution in [3.8, 4) is 0 Å². The lowest BCUT2D eigenvalue weighted by Crippen LogP contribution is -2.03.